The number of amides is 1. The van der Waals surface area contributed by atoms with Crippen molar-refractivity contribution in [3.63, 3.8) is 0 Å². The highest BCUT2D eigenvalue weighted by molar-refractivity contribution is 6.06. The first-order valence-electron chi connectivity index (χ1n) is 10.7. The number of hydrogen-bond donors (Lipinski definition) is 3. The van der Waals surface area contributed by atoms with E-state index in [0.717, 1.165) is 17.1 Å². The number of halogens is 1. The molecule has 0 aliphatic carbocycles. The van der Waals surface area contributed by atoms with Crippen molar-refractivity contribution in [2.45, 2.75) is 6.92 Å². The Morgan fingerprint density at radius 3 is 2.00 bits per heavy atom. The largest absolute Gasteiger partial charge is 0.497 e. The topological polar surface area (TPSA) is 97.4 Å². The molecular formula is C26H24FN5O3. The number of nitrogens with zero attached hydrogens (tertiary/aromatic N) is 2. The molecule has 0 spiro atoms. The van der Waals surface area contributed by atoms with Gasteiger partial charge in [-0.05, 0) is 73.7 Å². The molecule has 3 N–H and O–H groups in total. The fraction of sp³-hybridized carbons (Fsp3) is 0.115. The Morgan fingerprint density at radius 1 is 0.829 bits per heavy atom. The van der Waals surface area contributed by atoms with Crippen LogP contribution < -0.4 is 25.4 Å². The molecule has 4 rings (SSSR count). The number of rotatable bonds is 8. The van der Waals surface area contributed by atoms with Crippen LogP contribution in [-0.4, -0.2) is 30.1 Å². The van der Waals surface area contributed by atoms with Crippen LogP contribution in [0.4, 0.5) is 33.2 Å². The van der Waals surface area contributed by atoms with Crippen LogP contribution in [0.5, 0.6) is 11.5 Å². The molecule has 0 fully saturated rings. The quantitative estimate of drug-likeness (QED) is 0.303. The number of hydrogen-bond acceptors (Lipinski definition) is 7. The van der Waals surface area contributed by atoms with E-state index in [2.05, 4.69) is 25.9 Å². The van der Waals surface area contributed by atoms with Crippen LogP contribution in [0.1, 0.15) is 16.1 Å². The predicted molar refractivity (Wildman–Crippen MR) is 134 cm³/mol. The smallest absolute Gasteiger partial charge is 0.255 e. The molecule has 178 valence electrons. The molecule has 0 saturated heterocycles. The molecule has 0 atom stereocenters. The molecule has 0 aliphatic rings. The number of carbonyl (C=O) groups is 1. The summed E-state index contributed by atoms with van der Waals surface area (Å²) in [6, 6.07) is 20.0. The van der Waals surface area contributed by atoms with Gasteiger partial charge in [-0.1, -0.05) is 6.07 Å². The lowest BCUT2D eigenvalue weighted by molar-refractivity contribution is 0.102. The molecule has 0 radical (unpaired) electrons. The third kappa shape index (κ3) is 5.83. The normalized spacial score (nSPS) is 10.4. The Kier molecular flexibility index (Phi) is 7.06. The Bertz CT molecular complexity index is 1330. The summed E-state index contributed by atoms with van der Waals surface area (Å²) in [7, 11) is 3.19. The van der Waals surface area contributed by atoms with Crippen molar-refractivity contribution in [2.75, 3.05) is 30.2 Å². The first kappa shape index (κ1) is 23.5. The third-order valence-electron chi connectivity index (χ3n) is 5.11. The maximum absolute atomic E-state index is 13.6. The highest BCUT2D eigenvalue weighted by atomic mass is 19.1. The second-order valence-electron chi connectivity index (χ2n) is 7.53. The maximum atomic E-state index is 13.6. The van der Waals surface area contributed by atoms with Crippen LogP contribution in [0, 0.1) is 12.7 Å². The van der Waals surface area contributed by atoms with Gasteiger partial charge in [0.15, 0.2) is 5.82 Å². The molecule has 8 nitrogen and oxygen atoms in total. The molecule has 1 aromatic heterocycles. The second-order valence-corrected chi connectivity index (χ2v) is 7.53. The Labute approximate surface area is 202 Å². The van der Waals surface area contributed by atoms with E-state index in [9.17, 15) is 9.18 Å². The minimum Gasteiger partial charge on any atom is -0.497 e. The van der Waals surface area contributed by atoms with Gasteiger partial charge in [-0.2, -0.15) is 4.98 Å². The fourth-order valence-corrected chi connectivity index (χ4v) is 3.30. The molecule has 4 aromatic rings. The van der Waals surface area contributed by atoms with E-state index in [4.69, 9.17) is 9.47 Å². The number of aryl methyl sites for hydroxylation is 1. The average molecular weight is 474 g/mol. The molecule has 0 bridgehead atoms. The van der Waals surface area contributed by atoms with Crippen molar-refractivity contribution >= 4 is 34.7 Å². The van der Waals surface area contributed by atoms with Gasteiger partial charge in [0.1, 0.15) is 23.0 Å². The maximum Gasteiger partial charge on any atom is 0.255 e. The summed E-state index contributed by atoms with van der Waals surface area (Å²) >= 11 is 0. The molecule has 9 heteroatoms. The molecule has 1 heterocycles. The van der Waals surface area contributed by atoms with Crippen LogP contribution in [0.2, 0.25) is 0 Å². The Morgan fingerprint density at radius 2 is 1.43 bits per heavy atom. The molecule has 3 aromatic carbocycles. The van der Waals surface area contributed by atoms with Crippen LogP contribution in [0.3, 0.4) is 0 Å². The number of methoxy groups -OCH3 is 2. The van der Waals surface area contributed by atoms with Crippen LogP contribution in [0.25, 0.3) is 0 Å². The van der Waals surface area contributed by atoms with Gasteiger partial charge in [0, 0.05) is 16.9 Å². The number of anilines is 5. The van der Waals surface area contributed by atoms with Crippen molar-refractivity contribution in [3.05, 3.63) is 89.9 Å². The number of carbonyl (C=O) groups excluding carboxylic acids is 1. The van der Waals surface area contributed by atoms with E-state index in [0.29, 0.717) is 28.9 Å². The summed E-state index contributed by atoms with van der Waals surface area (Å²) in [6.07, 6.45) is 0. The standard InChI is InChI=1S/C26H24FN5O3/c1-16-23(31-25(33)17-5-4-6-18(27)15-17)24(29-19-7-11-21(34-2)12-8-19)32-26(28-16)30-20-9-13-22(35-3)14-10-20/h4-15H,1-3H3,(H,31,33)(H2,28,29,30,32). The van der Waals surface area contributed by atoms with E-state index in [1.54, 1.807) is 33.3 Å². The first-order valence-corrected chi connectivity index (χ1v) is 10.7. The average Bonchev–Trinajstić information content (AvgIpc) is 2.87. The Hall–Kier alpha value is -4.66. The summed E-state index contributed by atoms with van der Waals surface area (Å²) in [5.41, 5.74) is 2.55. The Balaban J connectivity index is 1.67. The van der Waals surface area contributed by atoms with Crippen molar-refractivity contribution in [2.24, 2.45) is 0 Å². The summed E-state index contributed by atoms with van der Waals surface area (Å²) < 4.78 is 24.0. The molecule has 0 saturated carbocycles. The van der Waals surface area contributed by atoms with Crippen LogP contribution >= 0.6 is 0 Å². The fourth-order valence-electron chi connectivity index (χ4n) is 3.30. The number of aromatic nitrogens is 2. The second kappa shape index (κ2) is 10.5. The minimum absolute atomic E-state index is 0.181. The summed E-state index contributed by atoms with van der Waals surface area (Å²) in [5, 5.41) is 9.19. The molecular weight excluding hydrogens is 449 g/mol. The number of benzene rings is 3. The monoisotopic (exact) mass is 473 g/mol. The lowest BCUT2D eigenvalue weighted by Gasteiger charge is -2.17. The van der Waals surface area contributed by atoms with Gasteiger partial charge in [0.05, 0.1) is 19.9 Å². The zero-order valence-electron chi connectivity index (χ0n) is 19.4. The van der Waals surface area contributed by atoms with Crippen LogP contribution in [-0.2, 0) is 0 Å². The van der Waals surface area contributed by atoms with E-state index < -0.39 is 11.7 Å². The zero-order chi connectivity index (χ0) is 24.8. The molecule has 0 unspecified atom stereocenters. The van der Waals surface area contributed by atoms with Gasteiger partial charge in [-0.25, -0.2) is 9.37 Å². The predicted octanol–water partition coefficient (Wildman–Crippen LogP) is 5.68. The van der Waals surface area contributed by atoms with Gasteiger partial charge in [-0.3, -0.25) is 4.79 Å². The van der Waals surface area contributed by atoms with Gasteiger partial charge < -0.3 is 25.4 Å². The van der Waals surface area contributed by atoms with Crippen LogP contribution in [0.15, 0.2) is 72.8 Å². The third-order valence-corrected chi connectivity index (χ3v) is 5.11. The van der Waals surface area contributed by atoms with Gasteiger partial charge in [-0.15, -0.1) is 0 Å². The number of ether oxygens (including phenoxy) is 2. The zero-order valence-corrected chi connectivity index (χ0v) is 19.4. The van der Waals surface area contributed by atoms with E-state index in [-0.39, 0.29) is 5.56 Å². The summed E-state index contributed by atoms with van der Waals surface area (Å²) in [4.78, 5) is 21.9. The summed E-state index contributed by atoms with van der Waals surface area (Å²) in [6.45, 7) is 1.75. The molecule has 35 heavy (non-hydrogen) atoms. The minimum atomic E-state index is -0.499. The van der Waals surface area contributed by atoms with Gasteiger partial charge in [0.25, 0.3) is 5.91 Å². The van der Waals surface area contributed by atoms with Crippen molar-refractivity contribution in [1.29, 1.82) is 0 Å². The van der Waals surface area contributed by atoms with E-state index in [1.807, 2.05) is 36.4 Å². The lowest BCUT2D eigenvalue weighted by Crippen LogP contribution is -2.16. The lowest BCUT2D eigenvalue weighted by atomic mass is 10.2. The number of nitrogens with one attached hydrogen (secondary N) is 3. The summed E-state index contributed by atoms with van der Waals surface area (Å²) in [5.74, 6) is 1.14. The van der Waals surface area contributed by atoms with Crippen molar-refractivity contribution < 1.29 is 18.7 Å². The van der Waals surface area contributed by atoms with Gasteiger partial charge >= 0.3 is 0 Å². The molecule has 0 aliphatic heterocycles. The molecule has 1 amide bonds. The highest BCUT2D eigenvalue weighted by Gasteiger charge is 2.17. The SMILES string of the molecule is COc1ccc(Nc2nc(C)c(NC(=O)c3cccc(F)c3)c(Nc3ccc(OC)cc3)n2)cc1. The van der Waals surface area contributed by atoms with Crippen molar-refractivity contribution in [3.8, 4) is 11.5 Å². The van der Waals surface area contributed by atoms with E-state index >= 15 is 0 Å². The van der Waals surface area contributed by atoms with E-state index in [1.165, 1.54) is 24.3 Å². The van der Waals surface area contributed by atoms with Gasteiger partial charge in [0.2, 0.25) is 5.95 Å². The highest BCUT2D eigenvalue weighted by Crippen LogP contribution is 2.30. The van der Waals surface area contributed by atoms with Crippen molar-refractivity contribution in [1.82, 2.24) is 9.97 Å². The first-order chi connectivity index (χ1) is 16.9.